The highest BCUT2D eigenvalue weighted by Gasteiger charge is 2.45. The van der Waals surface area contributed by atoms with Gasteiger partial charge in [-0.25, -0.2) is 0 Å². The number of rotatable bonds is 3. The molecule has 3 aliphatic rings. The van der Waals surface area contributed by atoms with Crippen LogP contribution in [0.1, 0.15) is 39.0 Å². The smallest absolute Gasteiger partial charge is 0.323 e. The van der Waals surface area contributed by atoms with Gasteiger partial charge in [0.05, 0.1) is 18.8 Å². The maximum absolute atomic E-state index is 12.1. The predicted octanol–water partition coefficient (Wildman–Crippen LogP) is 1.35. The fourth-order valence-corrected chi connectivity index (χ4v) is 3.87. The van der Waals surface area contributed by atoms with E-state index < -0.39 is 0 Å². The van der Waals surface area contributed by atoms with Crippen molar-refractivity contribution in [2.24, 2.45) is 0 Å². The summed E-state index contributed by atoms with van der Waals surface area (Å²) >= 11 is 0. The Bertz CT molecular complexity index is 354. The van der Waals surface area contributed by atoms with Gasteiger partial charge in [-0.3, -0.25) is 9.69 Å². The number of nitrogens with zero attached hydrogens (tertiary/aromatic N) is 1. The fourth-order valence-electron chi connectivity index (χ4n) is 3.87. The van der Waals surface area contributed by atoms with Gasteiger partial charge in [0.1, 0.15) is 6.04 Å². The summed E-state index contributed by atoms with van der Waals surface area (Å²) in [7, 11) is 0. The number of ether oxygens (including phenoxy) is 3. The lowest BCUT2D eigenvalue weighted by Crippen LogP contribution is -2.52. The normalized spacial score (nSPS) is 38.5. The number of likely N-dealkylation sites (tertiary alicyclic amines) is 1. The monoisotopic (exact) mass is 283 g/mol. The van der Waals surface area contributed by atoms with E-state index in [-0.39, 0.29) is 17.6 Å². The Morgan fingerprint density at radius 2 is 2.30 bits per heavy atom. The Morgan fingerprint density at radius 3 is 3.05 bits per heavy atom. The van der Waals surface area contributed by atoms with Crippen molar-refractivity contribution in [3.8, 4) is 0 Å². The molecule has 3 heterocycles. The van der Waals surface area contributed by atoms with Crippen LogP contribution in [-0.4, -0.2) is 61.5 Å². The molecule has 5 nitrogen and oxygen atoms in total. The molecule has 0 radical (unpaired) electrons. The Hall–Kier alpha value is -0.650. The van der Waals surface area contributed by atoms with E-state index >= 15 is 0 Å². The molecule has 114 valence electrons. The van der Waals surface area contributed by atoms with Crippen LogP contribution in [-0.2, 0) is 19.0 Å². The average Bonchev–Trinajstić information content (AvgIpc) is 3.09. The van der Waals surface area contributed by atoms with E-state index in [2.05, 4.69) is 4.90 Å². The van der Waals surface area contributed by atoms with Crippen LogP contribution < -0.4 is 0 Å². The van der Waals surface area contributed by atoms with Gasteiger partial charge in [-0.1, -0.05) is 0 Å². The quantitative estimate of drug-likeness (QED) is 0.732. The number of carbonyl (C=O) groups excluding carboxylic acids is 1. The van der Waals surface area contributed by atoms with E-state index in [1.807, 2.05) is 6.92 Å². The number of carbonyl (C=O) groups is 1. The van der Waals surface area contributed by atoms with Gasteiger partial charge in [0, 0.05) is 25.7 Å². The third-order valence-corrected chi connectivity index (χ3v) is 4.86. The summed E-state index contributed by atoms with van der Waals surface area (Å²) in [6.07, 6.45) is 5.01. The third-order valence-electron chi connectivity index (χ3n) is 4.86. The Labute approximate surface area is 120 Å². The second-order valence-electron chi connectivity index (χ2n) is 6.13. The van der Waals surface area contributed by atoms with Crippen molar-refractivity contribution in [2.45, 2.75) is 56.7 Å². The average molecular weight is 283 g/mol. The molecule has 0 aromatic rings. The predicted molar refractivity (Wildman–Crippen MR) is 73.5 cm³/mol. The summed E-state index contributed by atoms with van der Waals surface area (Å²) in [5.74, 6) is -0.0480. The van der Waals surface area contributed by atoms with Crippen LogP contribution in [0.5, 0.6) is 0 Å². The number of hydrogen-bond donors (Lipinski definition) is 0. The third kappa shape index (κ3) is 2.71. The molecule has 0 N–H and O–H groups in total. The molecule has 1 spiro atoms. The van der Waals surface area contributed by atoms with Crippen LogP contribution in [0.2, 0.25) is 0 Å². The van der Waals surface area contributed by atoms with Crippen molar-refractivity contribution in [3.05, 3.63) is 0 Å². The summed E-state index contributed by atoms with van der Waals surface area (Å²) in [6, 6.07) is 0.389. The van der Waals surface area contributed by atoms with Crippen LogP contribution in [0.15, 0.2) is 0 Å². The van der Waals surface area contributed by atoms with E-state index in [1.165, 1.54) is 0 Å². The van der Waals surface area contributed by atoms with Crippen LogP contribution >= 0.6 is 0 Å². The minimum absolute atomic E-state index is 0.0441. The molecule has 0 saturated carbocycles. The van der Waals surface area contributed by atoms with Crippen molar-refractivity contribution in [2.75, 3.05) is 33.0 Å². The number of esters is 1. The summed E-state index contributed by atoms with van der Waals surface area (Å²) in [5.41, 5.74) is -0.0925. The summed E-state index contributed by atoms with van der Waals surface area (Å²) in [5, 5.41) is 0. The number of hydrogen-bond acceptors (Lipinski definition) is 5. The first-order valence-corrected chi connectivity index (χ1v) is 7.88. The minimum Gasteiger partial charge on any atom is -0.465 e. The molecule has 3 unspecified atom stereocenters. The first-order chi connectivity index (χ1) is 9.74. The standard InChI is InChI=1S/C15H25NO4/c1-2-19-14(17)13-4-3-7-16(13)12-5-8-20-15(10-12)6-9-18-11-15/h12-13H,2-11H2,1H3. The van der Waals surface area contributed by atoms with Crippen LogP contribution in [0.3, 0.4) is 0 Å². The zero-order chi connectivity index (χ0) is 14.0. The first-order valence-electron chi connectivity index (χ1n) is 7.88. The van der Waals surface area contributed by atoms with Crippen molar-refractivity contribution >= 4 is 5.97 Å². The lowest BCUT2D eigenvalue weighted by Gasteiger charge is -2.42. The van der Waals surface area contributed by atoms with Crippen LogP contribution in [0, 0.1) is 0 Å². The molecule has 3 aliphatic heterocycles. The molecule has 0 aromatic heterocycles. The molecule has 0 aromatic carbocycles. The maximum atomic E-state index is 12.1. The van der Waals surface area contributed by atoms with E-state index in [1.54, 1.807) is 0 Å². The van der Waals surface area contributed by atoms with Gasteiger partial charge in [-0.15, -0.1) is 0 Å². The molecule has 0 amide bonds. The lowest BCUT2D eigenvalue weighted by molar-refractivity contribution is -0.152. The highest BCUT2D eigenvalue weighted by molar-refractivity contribution is 5.76. The van der Waals surface area contributed by atoms with Gasteiger partial charge in [-0.05, 0) is 39.2 Å². The molecule has 3 atom stereocenters. The van der Waals surface area contributed by atoms with Crippen LogP contribution in [0.25, 0.3) is 0 Å². The minimum atomic E-state index is -0.0925. The molecule has 20 heavy (non-hydrogen) atoms. The molecular weight excluding hydrogens is 258 g/mol. The molecule has 3 saturated heterocycles. The Balaban J connectivity index is 1.66. The lowest BCUT2D eigenvalue weighted by atomic mass is 9.88. The van der Waals surface area contributed by atoms with Crippen molar-refractivity contribution < 1.29 is 19.0 Å². The molecule has 5 heteroatoms. The van der Waals surface area contributed by atoms with Crippen LogP contribution in [0.4, 0.5) is 0 Å². The zero-order valence-electron chi connectivity index (χ0n) is 12.3. The van der Waals surface area contributed by atoms with E-state index in [0.717, 1.165) is 51.9 Å². The van der Waals surface area contributed by atoms with Crippen molar-refractivity contribution in [1.29, 1.82) is 0 Å². The molecule has 0 aliphatic carbocycles. The van der Waals surface area contributed by atoms with Gasteiger partial charge in [0.25, 0.3) is 0 Å². The Morgan fingerprint density at radius 1 is 1.40 bits per heavy atom. The van der Waals surface area contributed by atoms with Gasteiger partial charge in [0.15, 0.2) is 0 Å². The molecule has 3 rings (SSSR count). The van der Waals surface area contributed by atoms with Crippen molar-refractivity contribution in [3.63, 3.8) is 0 Å². The summed E-state index contributed by atoms with van der Waals surface area (Å²) in [4.78, 5) is 14.5. The summed E-state index contributed by atoms with van der Waals surface area (Å²) in [6.45, 7) is 5.63. The zero-order valence-corrected chi connectivity index (χ0v) is 12.3. The largest absolute Gasteiger partial charge is 0.465 e. The van der Waals surface area contributed by atoms with Crippen molar-refractivity contribution in [1.82, 2.24) is 4.90 Å². The van der Waals surface area contributed by atoms with Gasteiger partial charge in [-0.2, -0.15) is 0 Å². The second kappa shape index (κ2) is 6.00. The van der Waals surface area contributed by atoms with Gasteiger partial charge < -0.3 is 14.2 Å². The summed E-state index contributed by atoms with van der Waals surface area (Å²) < 4.78 is 16.7. The molecular formula is C15H25NO4. The van der Waals surface area contributed by atoms with E-state index in [4.69, 9.17) is 14.2 Å². The van der Waals surface area contributed by atoms with Gasteiger partial charge in [0.2, 0.25) is 0 Å². The van der Waals surface area contributed by atoms with E-state index in [9.17, 15) is 4.79 Å². The van der Waals surface area contributed by atoms with Gasteiger partial charge >= 0.3 is 5.97 Å². The molecule has 0 bridgehead atoms. The maximum Gasteiger partial charge on any atom is 0.323 e. The SMILES string of the molecule is CCOC(=O)C1CCCN1C1CCOC2(CCOC2)C1. The van der Waals surface area contributed by atoms with E-state index in [0.29, 0.717) is 19.3 Å². The highest BCUT2D eigenvalue weighted by Crippen LogP contribution is 2.37. The molecule has 3 fully saturated rings. The Kier molecular flexibility index (Phi) is 4.29. The second-order valence-corrected chi connectivity index (χ2v) is 6.13. The fraction of sp³-hybridized carbons (Fsp3) is 0.933. The topological polar surface area (TPSA) is 48.0 Å². The highest BCUT2D eigenvalue weighted by atomic mass is 16.6. The first kappa shape index (κ1) is 14.3.